The number of aryl methyl sites for hydroxylation is 2. The third-order valence-electron chi connectivity index (χ3n) is 2.15. The van der Waals surface area contributed by atoms with Crippen LogP contribution in [0.4, 0.5) is 0 Å². The van der Waals surface area contributed by atoms with Crippen LogP contribution < -0.4 is 0 Å². The first-order chi connectivity index (χ1) is 8.08. The Hall–Kier alpha value is -1.28. The van der Waals surface area contributed by atoms with Crippen LogP contribution in [0.3, 0.4) is 0 Å². The molecule has 0 fully saturated rings. The summed E-state index contributed by atoms with van der Waals surface area (Å²) in [6, 6.07) is 1.97. The Morgan fingerprint density at radius 3 is 3.00 bits per heavy atom. The minimum atomic E-state index is -0.866. The van der Waals surface area contributed by atoms with Gasteiger partial charge in [0.25, 0.3) is 0 Å². The van der Waals surface area contributed by atoms with Gasteiger partial charge >= 0.3 is 5.97 Å². The summed E-state index contributed by atoms with van der Waals surface area (Å²) in [4.78, 5) is 11.4. The summed E-state index contributed by atoms with van der Waals surface area (Å²) in [5, 5.41) is 19.9. The first-order valence-corrected chi connectivity index (χ1v) is 6.43. The third kappa shape index (κ3) is 2.70. The van der Waals surface area contributed by atoms with Crippen molar-refractivity contribution in [3.63, 3.8) is 0 Å². The Balaban J connectivity index is 2.27. The topological polar surface area (TPSA) is 80.9 Å². The van der Waals surface area contributed by atoms with Crippen molar-refractivity contribution in [3.05, 3.63) is 15.4 Å². The standard InChI is InChI=1S/C9H9BrN4O2S/c1-5-4-6(17-8(5)10)9-11-12-13-14(9)3-2-7(15)16/h4H,2-3H2,1H3,(H,15,16). The molecule has 0 bridgehead atoms. The summed E-state index contributed by atoms with van der Waals surface area (Å²) in [6.07, 6.45) is 0.00354. The van der Waals surface area contributed by atoms with E-state index < -0.39 is 5.97 Å². The molecule has 2 aromatic heterocycles. The summed E-state index contributed by atoms with van der Waals surface area (Å²) in [5.41, 5.74) is 1.11. The van der Waals surface area contributed by atoms with Gasteiger partial charge in [0.05, 0.1) is 21.6 Å². The lowest BCUT2D eigenvalue weighted by molar-refractivity contribution is -0.137. The maximum Gasteiger partial charge on any atom is 0.305 e. The molecule has 0 aliphatic rings. The average Bonchev–Trinajstić information content (AvgIpc) is 2.83. The predicted octanol–water partition coefficient (Wildman–Crippen LogP) is 1.95. The molecule has 0 saturated carbocycles. The lowest BCUT2D eigenvalue weighted by Gasteiger charge is -1.99. The third-order valence-corrected chi connectivity index (χ3v) is 4.28. The molecule has 8 heteroatoms. The number of aliphatic carboxylic acids is 1. The van der Waals surface area contributed by atoms with Gasteiger partial charge in [0.1, 0.15) is 0 Å². The summed E-state index contributed by atoms with van der Waals surface area (Å²) in [7, 11) is 0. The highest BCUT2D eigenvalue weighted by Crippen LogP contribution is 2.33. The van der Waals surface area contributed by atoms with Gasteiger partial charge in [0, 0.05) is 0 Å². The fraction of sp³-hybridized carbons (Fsp3) is 0.333. The molecule has 0 unspecified atom stereocenters. The minimum absolute atomic E-state index is 0.00354. The van der Waals surface area contributed by atoms with Gasteiger partial charge < -0.3 is 5.11 Å². The number of halogens is 1. The van der Waals surface area contributed by atoms with E-state index in [-0.39, 0.29) is 13.0 Å². The molecule has 0 amide bonds. The molecular formula is C9H9BrN4O2S. The second-order valence-corrected chi connectivity index (χ2v) is 5.81. The van der Waals surface area contributed by atoms with E-state index in [2.05, 4.69) is 31.5 Å². The number of tetrazole rings is 1. The SMILES string of the molecule is Cc1cc(-c2nnnn2CCC(=O)O)sc1Br. The Morgan fingerprint density at radius 2 is 2.41 bits per heavy atom. The van der Waals surface area contributed by atoms with E-state index in [1.54, 1.807) is 0 Å². The second kappa shape index (κ2) is 4.92. The number of nitrogens with zero attached hydrogens (tertiary/aromatic N) is 4. The van der Waals surface area contributed by atoms with E-state index in [1.165, 1.54) is 16.0 Å². The number of carbonyl (C=O) groups is 1. The van der Waals surface area contributed by atoms with Gasteiger partial charge in [-0.05, 0) is 44.9 Å². The summed E-state index contributed by atoms with van der Waals surface area (Å²) < 4.78 is 2.53. The van der Waals surface area contributed by atoms with E-state index in [1.807, 2.05) is 13.0 Å². The molecule has 0 atom stereocenters. The lowest BCUT2D eigenvalue weighted by atomic mass is 10.3. The van der Waals surface area contributed by atoms with E-state index >= 15 is 0 Å². The highest BCUT2D eigenvalue weighted by atomic mass is 79.9. The maximum absolute atomic E-state index is 10.5. The lowest BCUT2D eigenvalue weighted by Crippen LogP contribution is -2.07. The fourth-order valence-electron chi connectivity index (χ4n) is 1.30. The van der Waals surface area contributed by atoms with Crippen LogP contribution in [0.1, 0.15) is 12.0 Å². The molecule has 0 radical (unpaired) electrons. The van der Waals surface area contributed by atoms with Crippen molar-refractivity contribution in [2.75, 3.05) is 0 Å². The first kappa shape index (κ1) is 12.2. The van der Waals surface area contributed by atoms with E-state index in [9.17, 15) is 4.79 Å². The quantitative estimate of drug-likeness (QED) is 0.932. The van der Waals surface area contributed by atoms with Crippen molar-refractivity contribution < 1.29 is 9.90 Å². The summed E-state index contributed by atoms with van der Waals surface area (Å²) in [6.45, 7) is 2.25. The van der Waals surface area contributed by atoms with Crippen molar-refractivity contribution >= 4 is 33.2 Å². The van der Waals surface area contributed by atoms with Crippen molar-refractivity contribution in [3.8, 4) is 10.7 Å². The molecule has 90 valence electrons. The molecule has 17 heavy (non-hydrogen) atoms. The Morgan fingerprint density at radius 1 is 1.65 bits per heavy atom. The van der Waals surface area contributed by atoms with Crippen LogP contribution in [-0.4, -0.2) is 31.3 Å². The Kier molecular flexibility index (Phi) is 3.53. The molecule has 1 N–H and O–H groups in total. The molecule has 6 nitrogen and oxygen atoms in total. The van der Waals surface area contributed by atoms with Gasteiger partial charge in [-0.2, -0.15) is 0 Å². The van der Waals surface area contributed by atoms with Crippen molar-refractivity contribution in [2.24, 2.45) is 0 Å². The molecular weight excluding hydrogens is 308 g/mol. The highest BCUT2D eigenvalue weighted by molar-refractivity contribution is 9.11. The number of hydrogen-bond acceptors (Lipinski definition) is 5. The van der Waals surface area contributed by atoms with Gasteiger partial charge in [-0.1, -0.05) is 0 Å². The highest BCUT2D eigenvalue weighted by Gasteiger charge is 2.13. The van der Waals surface area contributed by atoms with Crippen molar-refractivity contribution in [1.82, 2.24) is 20.2 Å². The zero-order valence-corrected chi connectivity index (χ0v) is 11.3. The van der Waals surface area contributed by atoms with E-state index in [4.69, 9.17) is 5.11 Å². The van der Waals surface area contributed by atoms with Gasteiger partial charge in [0.2, 0.25) is 0 Å². The predicted molar refractivity (Wildman–Crippen MR) is 65.8 cm³/mol. The minimum Gasteiger partial charge on any atom is -0.481 e. The van der Waals surface area contributed by atoms with Crippen LogP contribution in [0.5, 0.6) is 0 Å². The van der Waals surface area contributed by atoms with Crippen LogP contribution in [-0.2, 0) is 11.3 Å². The van der Waals surface area contributed by atoms with Gasteiger partial charge in [0.15, 0.2) is 5.82 Å². The molecule has 0 saturated heterocycles. The monoisotopic (exact) mass is 316 g/mol. The number of carboxylic acid groups (broad SMARTS) is 1. The molecule has 0 aliphatic heterocycles. The first-order valence-electron chi connectivity index (χ1n) is 4.82. The fourth-order valence-corrected chi connectivity index (χ4v) is 2.83. The van der Waals surface area contributed by atoms with E-state index in [0.29, 0.717) is 5.82 Å². The number of carboxylic acids is 1. The largest absolute Gasteiger partial charge is 0.481 e. The maximum atomic E-state index is 10.5. The smallest absolute Gasteiger partial charge is 0.305 e. The number of hydrogen-bond donors (Lipinski definition) is 1. The number of rotatable bonds is 4. The van der Waals surface area contributed by atoms with Crippen molar-refractivity contribution in [2.45, 2.75) is 19.9 Å². The molecule has 2 rings (SSSR count). The van der Waals surface area contributed by atoms with E-state index in [0.717, 1.165) is 14.2 Å². The van der Waals surface area contributed by atoms with Crippen LogP contribution in [0.2, 0.25) is 0 Å². The van der Waals surface area contributed by atoms with Crippen LogP contribution in [0.15, 0.2) is 9.85 Å². The number of thiophene rings is 1. The molecule has 2 aromatic rings. The average molecular weight is 317 g/mol. The Bertz CT molecular complexity index is 531. The second-order valence-electron chi connectivity index (χ2n) is 3.44. The Labute approximate surface area is 109 Å². The molecule has 0 aromatic carbocycles. The normalized spacial score (nSPS) is 10.7. The number of aromatic nitrogens is 4. The van der Waals surface area contributed by atoms with Crippen LogP contribution in [0, 0.1) is 6.92 Å². The van der Waals surface area contributed by atoms with Gasteiger partial charge in [-0.3, -0.25) is 4.79 Å². The van der Waals surface area contributed by atoms with Gasteiger partial charge in [-0.25, -0.2) is 4.68 Å². The van der Waals surface area contributed by atoms with Crippen LogP contribution >= 0.6 is 27.3 Å². The zero-order valence-electron chi connectivity index (χ0n) is 8.92. The summed E-state index contributed by atoms with van der Waals surface area (Å²) >= 11 is 4.96. The molecule has 0 aliphatic carbocycles. The van der Waals surface area contributed by atoms with Crippen LogP contribution in [0.25, 0.3) is 10.7 Å². The molecule has 2 heterocycles. The molecule has 0 spiro atoms. The van der Waals surface area contributed by atoms with Crippen molar-refractivity contribution in [1.29, 1.82) is 0 Å². The van der Waals surface area contributed by atoms with Gasteiger partial charge in [-0.15, -0.1) is 16.4 Å². The summed E-state index contributed by atoms with van der Waals surface area (Å²) in [5.74, 6) is -0.264. The zero-order chi connectivity index (χ0) is 12.4.